The van der Waals surface area contributed by atoms with E-state index in [2.05, 4.69) is 0 Å². The summed E-state index contributed by atoms with van der Waals surface area (Å²) in [6.45, 7) is 0.502. The number of carboxylic acid groups (broad SMARTS) is 1. The molecule has 1 aliphatic heterocycles. The Morgan fingerprint density at radius 3 is 2.91 bits per heavy atom. The molecule has 0 bridgehead atoms. The predicted octanol–water partition coefficient (Wildman–Crippen LogP) is 0.390. The highest BCUT2D eigenvalue weighted by molar-refractivity contribution is 5.71. The summed E-state index contributed by atoms with van der Waals surface area (Å²) < 4.78 is 4.96. The van der Waals surface area contributed by atoms with Crippen LogP contribution in [0.15, 0.2) is 0 Å². The van der Waals surface area contributed by atoms with Crippen molar-refractivity contribution in [3.8, 4) is 6.07 Å². The van der Waals surface area contributed by atoms with Crippen molar-refractivity contribution in [3.05, 3.63) is 0 Å². The molecule has 2 unspecified atom stereocenters. The van der Waals surface area contributed by atoms with Gasteiger partial charge in [0.25, 0.3) is 0 Å². The summed E-state index contributed by atoms with van der Waals surface area (Å²) in [4.78, 5) is 10.5. The van der Waals surface area contributed by atoms with Crippen LogP contribution in [0.5, 0.6) is 0 Å². The van der Waals surface area contributed by atoms with Gasteiger partial charge in [0.05, 0.1) is 12.0 Å². The minimum atomic E-state index is -0.934. The number of hydrogen-bond acceptors (Lipinski definition) is 3. The lowest BCUT2D eigenvalue weighted by atomic mass is 9.95. The number of carboxylic acids is 1. The molecule has 2 atom stereocenters. The van der Waals surface area contributed by atoms with E-state index < -0.39 is 18.0 Å². The van der Waals surface area contributed by atoms with Gasteiger partial charge < -0.3 is 9.84 Å². The van der Waals surface area contributed by atoms with Crippen LogP contribution in [0.4, 0.5) is 0 Å². The van der Waals surface area contributed by atoms with Crippen LogP contribution in [0.1, 0.15) is 12.8 Å². The molecule has 60 valence electrons. The van der Waals surface area contributed by atoms with Gasteiger partial charge in [0.2, 0.25) is 0 Å². The van der Waals surface area contributed by atoms with Crippen LogP contribution in [0.25, 0.3) is 0 Å². The third kappa shape index (κ3) is 1.69. The van der Waals surface area contributed by atoms with Crippen LogP contribution in [-0.4, -0.2) is 23.8 Å². The molecule has 0 saturated carbocycles. The first kappa shape index (κ1) is 8.02. The molecule has 1 N–H and O–H groups in total. The van der Waals surface area contributed by atoms with Gasteiger partial charge in [-0.1, -0.05) is 0 Å². The molecule has 4 nitrogen and oxygen atoms in total. The summed E-state index contributed by atoms with van der Waals surface area (Å²) in [6.07, 6.45) is 0.532. The molecule has 1 aliphatic rings. The minimum Gasteiger partial charge on any atom is -0.481 e. The molecular formula is C7H9NO3. The quantitative estimate of drug-likeness (QED) is 0.594. The highest BCUT2D eigenvalue weighted by Crippen LogP contribution is 2.20. The van der Waals surface area contributed by atoms with Crippen molar-refractivity contribution in [2.45, 2.75) is 18.9 Å². The van der Waals surface area contributed by atoms with Gasteiger partial charge in [-0.25, -0.2) is 0 Å². The van der Waals surface area contributed by atoms with Crippen molar-refractivity contribution in [1.29, 1.82) is 5.26 Å². The van der Waals surface area contributed by atoms with E-state index in [0.717, 1.165) is 6.42 Å². The van der Waals surface area contributed by atoms with E-state index >= 15 is 0 Å². The summed E-state index contributed by atoms with van der Waals surface area (Å²) in [6, 6.07) is 1.83. The van der Waals surface area contributed by atoms with E-state index in [1.807, 2.05) is 6.07 Å². The smallest absolute Gasteiger partial charge is 0.310 e. The first-order chi connectivity index (χ1) is 5.25. The number of rotatable bonds is 1. The Morgan fingerprint density at radius 2 is 2.45 bits per heavy atom. The van der Waals surface area contributed by atoms with Gasteiger partial charge in [0.15, 0.2) is 6.10 Å². The average Bonchev–Trinajstić information content (AvgIpc) is 2.04. The fourth-order valence-corrected chi connectivity index (χ4v) is 1.16. The molecular weight excluding hydrogens is 146 g/mol. The summed E-state index contributed by atoms with van der Waals surface area (Å²) in [7, 11) is 0. The Hall–Kier alpha value is -1.08. The van der Waals surface area contributed by atoms with E-state index in [1.165, 1.54) is 0 Å². The number of nitriles is 1. The van der Waals surface area contributed by atoms with Crippen molar-refractivity contribution in [1.82, 2.24) is 0 Å². The lowest BCUT2D eigenvalue weighted by Gasteiger charge is -2.23. The van der Waals surface area contributed by atoms with Crippen molar-refractivity contribution >= 4 is 5.97 Å². The minimum absolute atomic E-state index is 0.502. The van der Waals surface area contributed by atoms with E-state index in [9.17, 15) is 4.79 Å². The number of aliphatic carboxylic acids is 1. The average molecular weight is 155 g/mol. The molecule has 4 heteroatoms. The monoisotopic (exact) mass is 155 g/mol. The van der Waals surface area contributed by atoms with Gasteiger partial charge in [0.1, 0.15) is 0 Å². The predicted molar refractivity (Wildman–Crippen MR) is 35.7 cm³/mol. The van der Waals surface area contributed by atoms with Crippen LogP contribution in [0, 0.1) is 17.2 Å². The third-order valence-electron chi connectivity index (χ3n) is 1.77. The molecule has 11 heavy (non-hydrogen) atoms. The molecule has 0 spiro atoms. The zero-order chi connectivity index (χ0) is 8.27. The fourth-order valence-electron chi connectivity index (χ4n) is 1.16. The van der Waals surface area contributed by atoms with E-state index in [4.69, 9.17) is 15.1 Å². The van der Waals surface area contributed by atoms with Crippen LogP contribution in [0.2, 0.25) is 0 Å². The second-order valence-electron chi connectivity index (χ2n) is 2.51. The van der Waals surface area contributed by atoms with E-state index in [-0.39, 0.29) is 0 Å². The first-order valence-electron chi connectivity index (χ1n) is 3.49. The van der Waals surface area contributed by atoms with Crippen LogP contribution in [-0.2, 0) is 9.53 Å². The molecule has 1 heterocycles. The number of hydrogen-bond donors (Lipinski definition) is 1. The topological polar surface area (TPSA) is 70.3 Å². The molecule has 0 radical (unpaired) electrons. The molecule has 0 aromatic rings. The maximum atomic E-state index is 10.5. The molecule has 0 amide bonds. The van der Waals surface area contributed by atoms with Crippen LogP contribution >= 0.6 is 0 Å². The fraction of sp³-hybridized carbons (Fsp3) is 0.714. The van der Waals surface area contributed by atoms with Crippen LogP contribution < -0.4 is 0 Å². The lowest BCUT2D eigenvalue weighted by Crippen LogP contribution is -2.33. The van der Waals surface area contributed by atoms with Gasteiger partial charge in [-0.15, -0.1) is 0 Å². The summed E-state index contributed by atoms with van der Waals surface area (Å²) in [5, 5.41) is 17.1. The molecule has 1 rings (SSSR count). The van der Waals surface area contributed by atoms with E-state index in [0.29, 0.717) is 13.0 Å². The SMILES string of the molecule is N#CC1OCCCC1C(=O)O. The normalized spacial score (nSPS) is 30.8. The van der Waals surface area contributed by atoms with E-state index in [1.54, 1.807) is 0 Å². The maximum absolute atomic E-state index is 10.5. The molecule has 0 aromatic heterocycles. The number of ether oxygens (including phenoxy) is 1. The largest absolute Gasteiger partial charge is 0.481 e. The summed E-state index contributed by atoms with van der Waals surface area (Å²) >= 11 is 0. The second-order valence-corrected chi connectivity index (χ2v) is 2.51. The molecule has 0 aliphatic carbocycles. The highest BCUT2D eigenvalue weighted by Gasteiger charge is 2.31. The lowest BCUT2D eigenvalue weighted by molar-refractivity contribution is -0.148. The Labute approximate surface area is 64.4 Å². The molecule has 1 fully saturated rings. The summed E-state index contributed by atoms with van der Waals surface area (Å²) in [5.74, 6) is -1.56. The Bertz CT molecular complexity index is 196. The van der Waals surface area contributed by atoms with Gasteiger partial charge in [-0.05, 0) is 12.8 Å². The van der Waals surface area contributed by atoms with Crippen molar-refractivity contribution in [2.24, 2.45) is 5.92 Å². The molecule has 0 aromatic carbocycles. The maximum Gasteiger partial charge on any atom is 0.310 e. The number of carbonyl (C=O) groups is 1. The third-order valence-corrected chi connectivity index (χ3v) is 1.77. The van der Waals surface area contributed by atoms with Gasteiger partial charge >= 0.3 is 5.97 Å². The van der Waals surface area contributed by atoms with Crippen molar-refractivity contribution in [3.63, 3.8) is 0 Å². The number of nitrogens with zero attached hydrogens (tertiary/aromatic N) is 1. The van der Waals surface area contributed by atoms with Crippen molar-refractivity contribution < 1.29 is 14.6 Å². The van der Waals surface area contributed by atoms with Gasteiger partial charge in [-0.3, -0.25) is 4.79 Å². The Balaban J connectivity index is 2.60. The molecule has 1 saturated heterocycles. The Morgan fingerprint density at radius 1 is 1.73 bits per heavy atom. The highest BCUT2D eigenvalue weighted by atomic mass is 16.5. The summed E-state index contributed by atoms with van der Waals surface area (Å²) in [5.41, 5.74) is 0. The van der Waals surface area contributed by atoms with Crippen LogP contribution in [0.3, 0.4) is 0 Å². The zero-order valence-electron chi connectivity index (χ0n) is 5.99. The zero-order valence-corrected chi connectivity index (χ0v) is 5.99. The first-order valence-corrected chi connectivity index (χ1v) is 3.49. The van der Waals surface area contributed by atoms with Crippen molar-refractivity contribution in [2.75, 3.05) is 6.61 Å². The standard InChI is InChI=1S/C7H9NO3/c8-4-6-5(7(9)10)2-1-3-11-6/h5-6H,1-3H2,(H,9,10). The Kier molecular flexibility index (Phi) is 2.44. The van der Waals surface area contributed by atoms with Gasteiger partial charge in [0, 0.05) is 6.61 Å². The second kappa shape index (κ2) is 3.35. The van der Waals surface area contributed by atoms with Gasteiger partial charge in [-0.2, -0.15) is 5.26 Å².